The van der Waals surface area contributed by atoms with Gasteiger partial charge in [0.15, 0.2) is 5.84 Å². The Labute approximate surface area is 107 Å². The highest BCUT2D eigenvalue weighted by molar-refractivity contribution is 6.07. The van der Waals surface area contributed by atoms with Crippen molar-refractivity contribution in [3.63, 3.8) is 0 Å². The smallest absolute Gasteiger partial charge is 0.236 e. The van der Waals surface area contributed by atoms with Crippen LogP contribution in [0.15, 0.2) is 5.16 Å². The Bertz CT molecular complexity index is 378. The average Bonchev–Trinajstić information content (AvgIpc) is 2.86. The van der Waals surface area contributed by atoms with Crippen LogP contribution in [0.1, 0.15) is 38.5 Å². The van der Waals surface area contributed by atoms with Crippen LogP contribution in [0, 0.1) is 17.3 Å². The first-order valence-electron chi connectivity index (χ1n) is 6.95. The molecule has 0 spiro atoms. The average molecular weight is 251 g/mol. The summed E-state index contributed by atoms with van der Waals surface area (Å²) in [6.07, 6.45) is 6.27. The third kappa shape index (κ3) is 1.52. The Morgan fingerprint density at radius 1 is 1.22 bits per heavy atom. The number of hydrogen-bond acceptors (Lipinski definition) is 3. The standard InChI is InChI=1S/C13H21N3O2/c14-11(15-18)13(5-2-6-13)12(17)16-7-9-3-1-4-10(9)8-16/h9-10,18H,1-8H2,(H2,14,15). The first-order chi connectivity index (χ1) is 8.67. The number of nitrogens with zero attached hydrogens (tertiary/aromatic N) is 2. The third-order valence-electron chi connectivity index (χ3n) is 5.23. The van der Waals surface area contributed by atoms with Crippen LogP contribution in [0.5, 0.6) is 0 Å². The van der Waals surface area contributed by atoms with Crippen molar-refractivity contribution in [1.29, 1.82) is 0 Å². The largest absolute Gasteiger partial charge is 0.409 e. The molecule has 1 saturated heterocycles. The van der Waals surface area contributed by atoms with Gasteiger partial charge in [0.1, 0.15) is 5.41 Å². The number of amidine groups is 1. The van der Waals surface area contributed by atoms with Crippen LogP contribution in [0.3, 0.4) is 0 Å². The second-order valence-electron chi connectivity index (χ2n) is 6.08. The maximum atomic E-state index is 12.6. The van der Waals surface area contributed by atoms with Crippen LogP contribution >= 0.6 is 0 Å². The highest BCUT2D eigenvalue weighted by Gasteiger charge is 2.52. The minimum Gasteiger partial charge on any atom is -0.409 e. The van der Waals surface area contributed by atoms with Crippen LogP contribution in [0.25, 0.3) is 0 Å². The molecule has 2 saturated carbocycles. The molecule has 3 fully saturated rings. The zero-order valence-electron chi connectivity index (χ0n) is 10.6. The predicted octanol–water partition coefficient (Wildman–Crippen LogP) is 1.16. The molecular weight excluding hydrogens is 230 g/mol. The lowest BCUT2D eigenvalue weighted by Gasteiger charge is -2.41. The number of carbonyl (C=O) groups excluding carboxylic acids is 1. The maximum Gasteiger partial charge on any atom is 0.236 e. The quantitative estimate of drug-likeness (QED) is 0.334. The molecule has 3 N–H and O–H groups in total. The Morgan fingerprint density at radius 2 is 1.83 bits per heavy atom. The molecule has 5 nitrogen and oxygen atoms in total. The summed E-state index contributed by atoms with van der Waals surface area (Å²) in [4.78, 5) is 14.6. The van der Waals surface area contributed by atoms with Gasteiger partial charge < -0.3 is 15.8 Å². The van der Waals surface area contributed by atoms with Gasteiger partial charge >= 0.3 is 0 Å². The van der Waals surface area contributed by atoms with E-state index < -0.39 is 5.41 Å². The van der Waals surface area contributed by atoms with E-state index in [1.165, 1.54) is 19.3 Å². The summed E-state index contributed by atoms with van der Waals surface area (Å²) >= 11 is 0. The summed E-state index contributed by atoms with van der Waals surface area (Å²) in [6, 6.07) is 0. The molecule has 0 aromatic rings. The van der Waals surface area contributed by atoms with Gasteiger partial charge in [0.25, 0.3) is 0 Å². The molecule has 2 aliphatic carbocycles. The van der Waals surface area contributed by atoms with Crippen LogP contribution < -0.4 is 5.73 Å². The normalized spacial score (nSPS) is 34.2. The van der Waals surface area contributed by atoms with Crippen molar-refractivity contribution in [2.45, 2.75) is 38.5 Å². The first kappa shape index (κ1) is 11.8. The third-order valence-corrected chi connectivity index (χ3v) is 5.23. The molecule has 3 aliphatic rings. The topological polar surface area (TPSA) is 78.9 Å². The van der Waals surface area contributed by atoms with E-state index in [2.05, 4.69) is 5.16 Å². The van der Waals surface area contributed by atoms with Crippen LogP contribution in [0.2, 0.25) is 0 Å². The molecule has 0 radical (unpaired) electrons. The summed E-state index contributed by atoms with van der Waals surface area (Å²) in [5.74, 6) is 1.59. The molecule has 0 aromatic carbocycles. The van der Waals surface area contributed by atoms with E-state index >= 15 is 0 Å². The molecule has 100 valence electrons. The van der Waals surface area contributed by atoms with Crippen molar-refractivity contribution >= 4 is 11.7 Å². The Morgan fingerprint density at radius 3 is 2.28 bits per heavy atom. The van der Waals surface area contributed by atoms with E-state index in [-0.39, 0.29) is 11.7 Å². The number of likely N-dealkylation sites (tertiary alicyclic amines) is 1. The summed E-state index contributed by atoms with van der Waals surface area (Å²) < 4.78 is 0. The molecule has 1 amide bonds. The second-order valence-corrected chi connectivity index (χ2v) is 6.08. The maximum absolute atomic E-state index is 12.6. The fourth-order valence-corrected chi connectivity index (χ4v) is 3.91. The van der Waals surface area contributed by atoms with Gasteiger partial charge in [0, 0.05) is 13.1 Å². The minimum atomic E-state index is -0.687. The molecule has 0 bridgehead atoms. The molecule has 2 unspecified atom stereocenters. The van der Waals surface area contributed by atoms with Gasteiger partial charge in [-0.3, -0.25) is 4.79 Å². The number of amides is 1. The Kier molecular flexibility index (Phi) is 2.72. The summed E-state index contributed by atoms with van der Waals surface area (Å²) in [5.41, 5.74) is 5.06. The van der Waals surface area contributed by atoms with Crippen molar-refractivity contribution in [2.24, 2.45) is 28.1 Å². The second kappa shape index (κ2) is 4.14. The lowest BCUT2D eigenvalue weighted by Crippen LogP contribution is -2.54. The van der Waals surface area contributed by atoms with Crippen molar-refractivity contribution < 1.29 is 10.0 Å². The molecule has 0 aromatic heterocycles. The SMILES string of the molecule is NC(=NO)C1(C(=O)N2CC3CCCC3C2)CCC1. The van der Waals surface area contributed by atoms with Gasteiger partial charge in [-0.05, 0) is 37.5 Å². The van der Waals surface area contributed by atoms with Crippen molar-refractivity contribution in [3.8, 4) is 0 Å². The van der Waals surface area contributed by atoms with Gasteiger partial charge in [0.2, 0.25) is 5.91 Å². The van der Waals surface area contributed by atoms with Crippen LogP contribution in [0.4, 0.5) is 0 Å². The molecular formula is C13H21N3O2. The highest BCUT2D eigenvalue weighted by Crippen LogP contribution is 2.45. The predicted molar refractivity (Wildman–Crippen MR) is 67.1 cm³/mol. The zero-order valence-corrected chi connectivity index (χ0v) is 10.6. The lowest BCUT2D eigenvalue weighted by molar-refractivity contribution is -0.141. The van der Waals surface area contributed by atoms with E-state index in [4.69, 9.17) is 10.9 Å². The van der Waals surface area contributed by atoms with Gasteiger partial charge in [-0.2, -0.15) is 0 Å². The molecule has 18 heavy (non-hydrogen) atoms. The number of fused-ring (bicyclic) bond motifs is 1. The lowest BCUT2D eigenvalue weighted by atomic mass is 9.67. The van der Waals surface area contributed by atoms with Crippen LogP contribution in [-0.4, -0.2) is 34.9 Å². The van der Waals surface area contributed by atoms with Crippen molar-refractivity contribution in [2.75, 3.05) is 13.1 Å². The summed E-state index contributed by atoms with van der Waals surface area (Å²) in [7, 11) is 0. The number of nitrogens with two attached hydrogens (primary N) is 1. The van der Waals surface area contributed by atoms with Gasteiger partial charge in [-0.15, -0.1) is 0 Å². The summed E-state index contributed by atoms with van der Waals surface area (Å²) in [5, 5.41) is 12.0. The highest BCUT2D eigenvalue weighted by atomic mass is 16.4. The van der Waals surface area contributed by atoms with Gasteiger partial charge in [-0.1, -0.05) is 18.0 Å². The zero-order chi connectivity index (χ0) is 12.8. The molecule has 1 heterocycles. The van der Waals surface area contributed by atoms with E-state index in [1.807, 2.05) is 4.90 Å². The Balaban J connectivity index is 1.75. The Hall–Kier alpha value is -1.26. The fraction of sp³-hybridized carbons (Fsp3) is 0.846. The van der Waals surface area contributed by atoms with Gasteiger partial charge in [-0.25, -0.2) is 0 Å². The van der Waals surface area contributed by atoms with E-state index in [9.17, 15) is 4.79 Å². The number of hydrogen-bond donors (Lipinski definition) is 2. The minimum absolute atomic E-state index is 0.0958. The number of rotatable bonds is 2. The van der Waals surface area contributed by atoms with E-state index in [0.29, 0.717) is 11.8 Å². The number of oxime groups is 1. The molecule has 2 atom stereocenters. The fourth-order valence-electron chi connectivity index (χ4n) is 3.91. The number of carbonyl (C=O) groups is 1. The first-order valence-corrected chi connectivity index (χ1v) is 6.95. The van der Waals surface area contributed by atoms with Crippen molar-refractivity contribution in [1.82, 2.24) is 4.90 Å². The molecule has 1 aliphatic heterocycles. The van der Waals surface area contributed by atoms with Gasteiger partial charge in [0.05, 0.1) is 0 Å². The molecule has 5 heteroatoms. The monoisotopic (exact) mass is 251 g/mol. The molecule has 3 rings (SSSR count). The summed E-state index contributed by atoms with van der Waals surface area (Å²) in [6.45, 7) is 1.76. The van der Waals surface area contributed by atoms with E-state index in [1.54, 1.807) is 0 Å². The van der Waals surface area contributed by atoms with Crippen LogP contribution in [-0.2, 0) is 4.79 Å². The van der Waals surface area contributed by atoms with Crippen molar-refractivity contribution in [3.05, 3.63) is 0 Å². The van der Waals surface area contributed by atoms with E-state index in [0.717, 1.165) is 32.4 Å².